The lowest BCUT2D eigenvalue weighted by atomic mass is 9.81. The number of rotatable bonds is 3. The highest BCUT2D eigenvalue weighted by molar-refractivity contribution is 5.85. The van der Waals surface area contributed by atoms with Crippen LogP contribution >= 0.6 is 12.4 Å². The van der Waals surface area contributed by atoms with E-state index in [1.54, 1.807) is 0 Å². The van der Waals surface area contributed by atoms with E-state index in [0.717, 1.165) is 25.3 Å². The monoisotopic (exact) mass is 328 g/mol. The average Bonchev–Trinajstić information content (AvgIpc) is 3.00. The second-order valence-electron chi connectivity index (χ2n) is 7.61. The van der Waals surface area contributed by atoms with Crippen LogP contribution < -0.4 is 5.73 Å². The minimum atomic E-state index is 0. The zero-order valence-electron chi connectivity index (χ0n) is 13.8. The fraction of sp³-hybridized carbons (Fsp3) is 0.944. The molecule has 4 heteroatoms. The highest BCUT2D eigenvalue weighted by Crippen LogP contribution is 2.35. The van der Waals surface area contributed by atoms with E-state index < -0.39 is 0 Å². The first-order valence-electron chi connectivity index (χ1n) is 9.31. The van der Waals surface area contributed by atoms with Crippen molar-refractivity contribution >= 4 is 18.3 Å². The summed E-state index contributed by atoms with van der Waals surface area (Å²) < 4.78 is 0. The number of nitrogens with two attached hydrogens (primary N) is 1. The summed E-state index contributed by atoms with van der Waals surface area (Å²) in [5.41, 5.74) is 6.23. The Morgan fingerprint density at radius 3 is 2.32 bits per heavy atom. The van der Waals surface area contributed by atoms with Gasteiger partial charge in [0.15, 0.2) is 0 Å². The summed E-state index contributed by atoms with van der Waals surface area (Å²) in [5.74, 6) is 1.63. The Balaban J connectivity index is 0.00000176. The molecule has 3 unspecified atom stereocenters. The number of hydrogen-bond acceptors (Lipinski definition) is 2. The number of hydrogen-bond donors (Lipinski definition) is 1. The van der Waals surface area contributed by atoms with E-state index in [9.17, 15) is 4.79 Å². The van der Waals surface area contributed by atoms with Crippen molar-refractivity contribution in [1.82, 2.24) is 4.90 Å². The normalized spacial score (nSPS) is 33.5. The molecule has 3 rings (SSSR count). The summed E-state index contributed by atoms with van der Waals surface area (Å²) in [6.07, 6.45) is 14.8. The summed E-state index contributed by atoms with van der Waals surface area (Å²) in [7, 11) is 0. The molecule has 1 saturated heterocycles. The predicted octanol–water partition coefficient (Wildman–Crippen LogP) is 3.89. The minimum absolute atomic E-state index is 0. The maximum absolute atomic E-state index is 12.8. The molecule has 2 N–H and O–H groups in total. The minimum Gasteiger partial charge on any atom is -0.339 e. The molecule has 0 radical (unpaired) electrons. The number of likely N-dealkylation sites (tertiary alicyclic amines) is 1. The van der Waals surface area contributed by atoms with Crippen LogP contribution in [0.2, 0.25) is 0 Å². The molecule has 3 atom stereocenters. The van der Waals surface area contributed by atoms with Crippen LogP contribution in [0.25, 0.3) is 0 Å². The fourth-order valence-electron chi connectivity index (χ4n) is 4.94. The number of carbonyl (C=O) groups is 1. The predicted molar refractivity (Wildman–Crippen MR) is 93.1 cm³/mol. The van der Waals surface area contributed by atoms with Gasteiger partial charge in [-0.3, -0.25) is 4.79 Å². The van der Waals surface area contributed by atoms with Gasteiger partial charge >= 0.3 is 0 Å². The molecule has 0 bridgehead atoms. The molecule has 2 aliphatic carbocycles. The number of carbonyl (C=O) groups excluding carboxylic acids is 1. The van der Waals surface area contributed by atoms with Crippen LogP contribution in [-0.4, -0.2) is 29.4 Å². The summed E-state index contributed by atoms with van der Waals surface area (Å²) in [6.45, 7) is 1.00. The third-order valence-corrected chi connectivity index (χ3v) is 6.22. The molecule has 3 nitrogen and oxygen atoms in total. The Morgan fingerprint density at radius 2 is 1.59 bits per heavy atom. The third-order valence-electron chi connectivity index (χ3n) is 6.22. The lowest BCUT2D eigenvalue weighted by Gasteiger charge is -2.36. The molecule has 1 heterocycles. The van der Waals surface area contributed by atoms with Gasteiger partial charge in [-0.15, -0.1) is 12.4 Å². The van der Waals surface area contributed by atoms with Gasteiger partial charge in [0, 0.05) is 25.0 Å². The molecule has 3 aliphatic rings. The van der Waals surface area contributed by atoms with E-state index in [0.29, 0.717) is 24.3 Å². The SMILES string of the molecule is Cl.NC1CCCCC1CC(=O)N1CCCC1C1CCCCC1. The van der Waals surface area contributed by atoms with Crippen molar-refractivity contribution in [3.8, 4) is 0 Å². The van der Waals surface area contributed by atoms with Crippen molar-refractivity contribution in [2.75, 3.05) is 6.54 Å². The maximum Gasteiger partial charge on any atom is 0.223 e. The summed E-state index contributed by atoms with van der Waals surface area (Å²) >= 11 is 0. The van der Waals surface area contributed by atoms with Gasteiger partial charge in [0.1, 0.15) is 0 Å². The Labute approximate surface area is 141 Å². The van der Waals surface area contributed by atoms with Crippen LogP contribution in [-0.2, 0) is 4.79 Å². The molecular weight excluding hydrogens is 296 g/mol. The maximum atomic E-state index is 12.8. The number of amides is 1. The second-order valence-corrected chi connectivity index (χ2v) is 7.61. The molecule has 0 aromatic carbocycles. The highest BCUT2D eigenvalue weighted by atomic mass is 35.5. The number of nitrogens with zero attached hydrogens (tertiary/aromatic N) is 1. The van der Waals surface area contributed by atoms with E-state index >= 15 is 0 Å². The number of halogens is 1. The smallest absolute Gasteiger partial charge is 0.223 e. The van der Waals surface area contributed by atoms with Gasteiger partial charge in [-0.25, -0.2) is 0 Å². The first-order valence-corrected chi connectivity index (χ1v) is 9.31. The van der Waals surface area contributed by atoms with Gasteiger partial charge in [0.25, 0.3) is 0 Å². The molecule has 1 aliphatic heterocycles. The fourth-order valence-corrected chi connectivity index (χ4v) is 4.94. The van der Waals surface area contributed by atoms with Crippen molar-refractivity contribution in [2.24, 2.45) is 17.6 Å². The molecule has 128 valence electrons. The molecule has 0 aromatic rings. The van der Waals surface area contributed by atoms with Crippen LogP contribution in [0.1, 0.15) is 77.0 Å². The largest absolute Gasteiger partial charge is 0.339 e. The lowest BCUT2D eigenvalue weighted by molar-refractivity contribution is -0.134. The Bertz CT molecular complexity index is 357. The zero-order chi connectivity index (χ0) is 14.7. The van der Waals surface area contributed by atoms with Crippen molar-refractivity contribution in [3.63, 3.8) is 0 Å². The molecule has 2 saturated carbocycles. The van der Waals surface area contributed by atoms with Gasteiger partial charge in [0.2, 0.25) is 5.91 Å². The zero-order valence-corrected chi connectivity index (χ0v) is 14.7. The van der Waals surface area contributed by atoms with Crippen LogP contribution in [0.15, 0.2) is 0 Å². The first-order chi connectivity index (χ1) is 10.3. The topological polar surface area (TPSA) is 46.3 Å². The van der Waals surface area contributed by atoms with E-state index in [-0.39, 0.29) is 18.4 Å². The van der Waals surface area contributed by atoms with Gasteiger partial charge in [0.05, 0.1) is 0 Å². The molecule has 0 aromatic heterocycles. The highest BCUT2D eigenvalue weighted by Gasteiger charge is 2.36. The lowest BCUT2D eigenvalue weighted by Crippen LogP contribution is -2.43. The van der Waals surface area contributed by atoms with Crippen molar-refractivity contribution in [1.29, 1.82) is 0 Å². The van der Waals surface area contributed by atoms with Crippen molar-refractivity contribution in [2.45, 2.75) is 89.1 Å². The van der Waals surface area contributed by atoms with Crippen molar-refractivity contribution in [3.05, 3.63) is 0 Å². The van der Waals surface area contributed by atoms with Gasteiger partial charge in [-0.05, 0) is 50.4 Å². The standard InChI is InChI=1S/C18H32N2O.ClH/c19-16-10-5-4-9-15(16)13-18(21)20-12-6-11-17(20)14-7-2-1-3-8-14;/h14-17H,1-13,19H2;1H. The van der Waals surface area contributed by atoms with Gasteiger partial charge < -0.3 is 10.6 Å². The van der Waals surface area contributed by atoms with Crippen molar-refractivity contribution < 1.29 is 4.79 Å². The van der Waals surface area contributed by atoms with Gasteiger partial charge in [-0.1, -0.05) is 32.1 Å². The van der Waals surface area contributed by atoms with E-state index in [2.05, 4.69) is 4.90 Å². The summed E-state index contributed by atoms with van der Waals surface area (Å²) in [5, 5.41) is 0. The molecule has 0 spiro atoms. The van der Waals surface area contributed by atoms with E-state index in [4.69, 9.17) is 5.73 Å². The molecule has 1 amide bonds. The Hall–Kier alpha value is -0.280. The molecule has 22 heavy (non-hydrogen) atoms. The van der Waals surface area contributed by atoms with Crippen LogP contribution in [0.4, 0.5) is 0 Å². The summed E-state index contributed by atoms with van der Waals surface area (Å²) in [6, 6.07) is 0.816. The van der Waals surface area contributed by atoms with Crippen LogP contribution in [0, 0.1) is 11.8 Å². The molecular formula is C18H33ClN2O. The summed E-state index contributed by atoms with van der Waals surface area (Å²) in [4.78, 5) is 15.0. The van der Waals surface area contributed by atoms with Crippen LogP contribution in [0.3, 0.4) is 0 Å². The van der Waals surface area contributed by atoms with Gasteiger partial charge in [-0.2, -0.15) is 0 Å². The van der Waals surface area contributed by atoms with Crippen LogP contribution in [0.5, 0.6) is 0 Å². The molecule has 3 fully saturated rings. The Morgan fingerprint density at radius 1 is 0.909 bits per heavy atom. The second kappa shape index (κ2) is 8.54. The quantitative estimate of drug-likeness (QED) is 0.854. The van der Waals surface area contributed by atoms with E-state index in [1.165, 1.54) is 57.8 Å². The Kier molecular flexibility index (Phi) is 7.01. The first kappa shape index (κ1) is 18.1. The third kappa shape index (κ3) is 4.17. The van der Waals surface area contributed by atoms with E-state index in [1.807, 2.05) is 0 Å². The average molecular weight is 329 g/mol.